The van der Waals surface area contributed by atoms with Crippen LogP contribution < -0.4 is 21.3 Å². The lowest BCUT2D eigenvalue weighted by Gasteiger charge is -2.46. The Morgan fingerprint density at radius 2 is 1.65 bits per heavy atom. The molecule has 5 N–H and O–H groups in total. The highest BCUT2D eigenvalue weighted by Gasteiger charge is 2.33. The number of phenols is 1. The molecule has 0 radical (unpaired) electrons. The summed E-state index contributed by atoms with van der Waals surface area (Å²) in [7, 11) is 0. The minimum atomic E-state index is 0.191. The van der Waals surface area contributed by atoms with E-state index in [-0.39, 0.29) is 5.75 Å². The molecule has 2 bridgehead atoms. The number of nitrogens with zero attached hydrogens (tertiary/aromatic N) is 2. The molecule has 2 heterocycles. The zero-order valence-corrected chi connectivity index (χ0v) is 13.8. The van der Waals surface area contributed by atoms with E-state index in [1.165, 1.54) is 16.8 Å². The third-order valence-corrected chi connectivity index (χ3v) is 5.14. The van der Waals surface area contributed by atoms with Gasteiger partial charge >= 0.3 is 0 Å². The molecule has 2 aromatic rings. The number of aromatic hydroxyl groups is 1. The molecule has 0 saturated heterocycles. The lowest BCUT2D eigenvalue weighted by atomic mass is 9.93. The van der Waals surface area contributed by atoms with E-state index < -0.39 is 0 Å². The van der Waals surface area contributed by atoms with E-state index in [1.807, 2.05) is 13.0 Å². The Hall–Kier alpha value is -2.56. The molecule has 0 amide bonds. The number of hydrogen-bond donors (Lipinski definition) is 3. The molecule has 0 unspecified atom stereocenters. The van der Waals surface area contributed by atoms with Crippen LogP contribution in [0.4, 0.5) is 22.7 Å². The Bertz CT molecular complexity index is 844. The molecule has 0 saturated carbocycles. The largest absolute Gasteiger partial charge is 0.505 e. The molecule has 0 aliphatic carbocycles. The van der Waals surface area contributed by atoms with Gasteiger partial charge in [0, 0.05) is 35.6 Å². The highest BCUT2D eigenvalue weighted by molar-refractivity contribution is 5.80. The second-order valence-electron chi connectivity index (χ2n) is 6.74. The first-order chi connectivity index (χ1) is 10.9. The summed E-state index contributed by atoms with van der Waals surface area (Å²) < 4.78 is 0. The maximum absolute atomic E-state index is 10.2. The number of hydrogen-bond acceptors (Lipinski definition) is 5. The van der Waals surface area contributed by atoms with E-state index >= 15 is 0 Å². The standard InChI is InChI=1S/C18H22N4O/c1-9-4-10(2)16-13(15(9)20)7-22-8-21(16)6-12-5-14(19)18(23)11(3)17(12)22/h4-5,23H,6-8,19-20H2,1-3H3. The fraction of sp³-hybridized carbons (Fsp3) is 0.333. The van der Waals surface area contributed by atoms with Crippen LogP contribution in [0, 0.1) is 20.8 Å². The highest BCUT2D eigenvalue weighted by Crippen LogP contribution is 2.46. The van der Waals surface area contributed by atoms with Crippen LogP contribution in [0.1, 0.15) is 27.8 Å². The number of anilines is 4. The van der Waals surface area contributed by atoms with Gasteiger partial charge in [0.25, 0.3) is 0 Å². The van der Waals surface area contributed by atoms with Gasteiger partial charge in [0.2, 0.25) is 0 Å². The number of aryl methyl sites for hydroxylation is 2. The van der Waals surface area contributed by atoms with Gasteiger partial charge in [-0.1, -0.05) is 6.07 Å². The van der Waals surface area contributed by atoms with Crippen molar-refractivity contribution < 1.29 is 5.11 Å². The molecule has 5 heteroatoms. The highest BCUT2D eigenvalue weighted by atomic mass is 16.3. The lowest BCUT2D eigenvalue weighted by molar-refractivity contribution is 0.472. The molecular formula is C18H22N4O. The van der Waals surface area contributed by atoms with Gasteiger partial charge in [-0.3, -0.25) is 0 Å². The summed E-state index contributed by atoms with van der Waals surface area (Å²) in [6, 6.07) is 4.06. The van der Waals surface area contributed by atoms with Gasteiger partial charge in [0.15, 0.2) is 0 Å². The van der Waals surface area contributed by atoms with E-state index in [1.54, 1.807) is 0 Å². The Labute approximate surface area is 136 Å². The molecule has 23 heavy (non-hydrogen) atoms. The number of phenolic OH excluding ortho intramolecular Hbond substituents is 1. The van der Waals surface area contributed by atoms with Crippen molar-refractivity contribution >= 4 is 22.7 Å². The van der Waals surface area contributed by atoms with Crippen molar-refractivity contribution in [1.29, 1.82) is 0 Å². The molecule has 0 atom stereocenters. The summed E-state index contributed by atoms with van der Waals surface area (Å²) in [5, 5.41) is 10.2. The molecule has 2 aromatic carbocycles. The predicted octanol–water partition coefficient (Wildman–Crippen LogP) is 2.78. The van der Waals surface area contributed by atoms with Crippen molar-refractivity contribution in [1.82, 2.24) is 0 Å². The van der Waals surface area contributed by atoms with E-state index in [2.05, 4.69) is 29.7 Å². The van der Waals surface area contributed by atoms with Gasteiger partial charge in [0.1, 0.15) is 5.75 Å². The maximum Gasteiger partial charge on any atom is 0.143 e. The zero-order chi connectivity index (χ0) is 16.5. The topological polar surface area (TPSA) is 78.8 Å². The van der Waals surface area contributed by atoms with Crippen LogP contribution in [0.3, 0.4) is 0 Å². The first-order valence-electron chi connectivity index (χ1n) is 7.87. The molecule has 2 aliphatic rings. The molecule has 2 aliphatic heterocycles. The Kier molecular flexibility index (Phi) is 2.73. The maximum atomic E-state index is 10.2. The number of rotatable bonds is 0. The molecule has 0 spiro atoms. The quantitative estimate of drug-likeness (QED) is 0.515. The second kappa shape index (κ2) is 4.47. The van der Waals surface area contributed by atoms with Gasteiger partial charge < -0.3 is 26.4 Å². The first-order valence-corrected chi connectivity index (χ1v) is 7.87. The van der Waals surface area contributed by atoms with Crippen LogP contribution in [0.2, 0.25) is 0 Å². The normalized spacial score (nSPS) is 15.4. The summed E-state index contributed by atoms with van der Waals surface area (Å²) in [5.74, 6) is 0.191. The van der Waals surface area contributed by atoms with E-state index in [0.717, 1.165) is 47.8 Å². The number of nitrogens with two attached hydrogens (primary N) is 2. The van der Waals surface area contributed by atoms with Gasteiger partial charge in [-0.15, -0.1) is 0 Å². The monoisotopic (exact) mass is 310 g/mol. The van der Waals surface area contributed by atoms with Crippen molar-refractivity contribution in [3.63, 3.8) is 0 Å². The fourth-order valence-electron chi connectivity index (χ4n) is 4.13. The molecule has 0 fully saturated rings. The van der Waals surface area contributed by atoms with E-state index in [0.29, 0.717) is 5.69 Å². The van der Waals surface area contributed by atoms with Crippen LogP contribution in [0.5, 0.6) is 5.75 Å². The predicted molar refractivity (Wildman–Crippen MR) is 94.8 cm³/mol. The van der Waals surface area contributed by atoms with Crippen molar-refractivity contribution in [3.8, 4) is 5.75 Å². The SMILES string of the molecule is Cc1cc(C)c2c(c1N)CN1CN2Cc2cc(N)c(O)c(C)c21. The number of nitrogen functional groups attached to an aromatic ring is 2. The molecule has 5 nitrogen and oxygen atoms in total. The minimum absolute atomic E-state index is 0.191. The van der Waals surface area contributed by atoms with Crippen LogP contribution in [0.15, 0.2) is 12.1 Å². The Morgan fingerprint density at radius 1 is 0.957 bits per heavy atom. The van der Waals surface area contributed by atoms with Crippen molar-refractivity contribution in [2.45, 2.75) is 33.9 Å². The minimum Gasteiger partial charge on any atom is -0.505 e. The summed E-state index contributed by atoms with van der Waals surface area (Å²) in [4.78, 5) is 4.63. The molecule has 4 rings (SSSR count). The summed E-state index contributed by atoms with van der Waals surface area (Å²) in [6.07, 6.45) is 0. The van der Waals surface area contributed by atoms with Crippen LogP contribution in [0.25, 0.3) is 0 Å². The smallest absolute Gasteiger partial charge is 0.143 e. The van der Waals surface area contributed by atoms with Gasteiger partial charge in [-0.2, -0.15) is 0 Å². The average molecular weight is 310 g/mol. The van der Waals surface area contributed by atoms with Gasteiger partial charge in [-0.05, 0) is 43.5 Å². The van der Waals surface area contributed by atoms with Crippen LogP contribution in [-0.4, -0.2) is 11.8 Å². The molecular weight excluding hydrogens is 288 g/mol. The third kappa shape index (κ3) is 1.79. The second-order valence-corrected chi connectivity index (χ2v) is 6.74. The Balaban J connectivity index is 1.93. The summed E-state index contributed by atoms with van der Waals surface area (Å²) in [6.45, 7) is 8.50. The molecule has 120 valence electrons. The van der Waals surface area contributed by atoms with Gasteiger partial charge in [-0.25, -0.2) is 0 Å². The summed E-state index contributed by atoms with van der Waals surface area (Å²) in [5.41, 5.74) is 21.6. The fourth-order valence-corrected chi connectivity index (χ4v) is 4.13. The van der Waals surface area contributed by atoms with Crippen molar-refractivity contribution in [3.05, 3.63) is 39.9 Å². The van der Waals surface area contributed by atoms with E-state index in [4.69, 9.17) is 11.5 Å². The number of benzene rings is 2. The third-order valence-electron chi connectivity index (χ3n) is 5.14. The Morgan fingerprint density at radius 3 is 2.39 bits per heavy atom. The van der Waals surface area contributed by atoms with Crippen LogP contribution >= 0.6 is 0 Å². The lowest BCUT2D eigenvalue weighted by Crippen LogP contribution is -2.47. The summed E-state index contributed by atoms with van der Waals surface area (Å²) >= 11 is 0. The number of fused-ring (bicyclic) bond motifs is 6. The first kappa shape index (κ1) is 14.1. The van der Waals surface area contributed by atoms with Crippen molar-refractivity contribution in [2.75, 3.05) is 27.9 Å². The zero-order valence-electron chi connectivity index (χ0n) is 13.8. The van der Waals surface area contributed by atoms with Gasteiger partial charge in [0.05, 0.1) is 18.0 Å². The molecule has 0 aromatic heterocycles. The van der Waals surface area contributed by atoms with E-state index in [9.17, 15) is 5.11 Å². The van der Waals surface area contributed by atoms with Crippen LogP contribution in [-0.2, 0) is 13.1 Å². The van der Waals surface area contributed by atoms with Crippen molar-refractivity contribution in [2.24, 2.45) is 0 Å². The average Bonchev–Trinajstić information content (AvgIpc) is 2.49.